The number of hydrogen-bond acceptors (Lipinski definition) is 4. The Labute approximate surface area is 162 Å². The van der Waals surface area contributed by atoms with Crippen molar-refractivity contribution in [3.63, 3.8) is 0 Å². The molecule has 7 heteroatoms. The molecule has 2 aromatic rings. The second-order valence-corrected chi connectivity index (χ2v) is 7.79. The van der Waals surface area contributed by atoms with Crippen LogP contribution in [0.4, 0.5) is 0 Å². The van der Waals surface area contributed by atoms with Gasteiger partial charge in [0.1, 0.15) is 0 Å². The normalized spacial score (nSPS) is 15.5. The average molecular weight is 462 g/mol. The van der Waals surface area contributed by atoms with Crippen molar-refractivity contribution in [3.05, 3.63) is 27.4 Å². The van der Waals surface area contributed by atoms with E-state index in [4.69, 9.17) is 5.73 Å². The number of thiophene rings is 1. The second kappa shape index (κ2) is 8.98. The lowest BCUT2D eigenvalue weighted by Crippen LogP contribution is -2.41. The molecule has 0 unspecified atom stereocenters. The number of hydrogen-bond donors (Lipinski definition) is 1. The van der Waals surface area contributed by atoms with Crippen molar-refractivity contribution in [2.45, 2.75) is 32.6 Å². The number of nitrogens with two attached hydrogens (primary N) is 1. The highest BCUT2D eigenvalue weighted by Crippen LogP contribution is 2.29. The van der Waals surface area contributed by atoms with Gasteiger partial charge in [-0.2, -0.15) is 0 Å². The van der Waals surface area contributed by atoms with Gasteiger partial charge in [0, 0.05) is 36.3 Å². The van der Waals surface area contributed by atoms with Crippen LogP contribution in [0.1, 0.15) is 29.1 Å². The minimum Gasteiger partial charge on any atom is -0.370 e. The number of likely N-dealkylation sites (tertiary alicyclic amines) is 1. The van der Waals surface area contributed by atoms with Gasteiger partial charge in [0.2, 0.25) is 0 Å². The third-order valence-electron chi connectivity index (χ3n) is 3.85. The van der Waals surface area contributed by atoms with Gasteiger partial charge in [0.25, 0.3) is 0 Å². The van der Waals surface area contributed by atoms with E-state index in [0.29, 0.717) is 5.96 Å². The molecule has 1 saturated heterocycles. The number of aromatic nitrogens is 1. The molecule has 0 spiro atoms. The summed E-state index contributed by atoms with van der Waals surface area (Å²) in [4.78, 5) is 13.9. The van der Waals surface area contributed by atoms with Crippen LogP contribution in [0, 0.1) is 6.92 Å². The highest BCUT2D eigenvalue weighted by molar-refractivity contribution is 14.0. The molecule has 0 aromatic carbocycles. The van der Waals surface area contributed by atoms with E-state index in [-0.39, 0.29) is 24.0 Å². The van der Waals surface area contributed by atoms with Crippen molar-refractivity contribution >= 4 is 52.6 Å². The summed E-state index contributed by atoms with van der Waals surface area (Å²) in [6.45, 7) is 4.92. The Hall–Kier alpha value is -0.670. The number of aliphatic imine (C=N–C) groups is 1. The molecule has 0 amide bonds. The average Bonchev–Trinajstić information content (AvgIpc) is 3.17. The van der Waals surface area contributed by atoms with Crippen LogP contribution < -0.4 is 5.73 Å². The molecule has 4 nitrogen and oxygen atoms in total. The van der Waals surface area contributed by atoms with Crippen molar-refractivity contribution < 1.29 is 0 Å². The molecule has 3 rings (SSSR count). The van der Waals surface area contributed by atoms with Gasteiger partial charge >= 0.3 is 0 Å². The Morgan fingerprint density at radius 3 is 2.78 bits per heavy atom. The Balaban J connectivity index is 0.00000192. The van der Waals surface area contributed by atoms with Crippen LogP contribution in [0.25, 0.3) is 10.6 Å². The molecule has 0 saturated carbocycles. The van der Waals surface area contributed by atoms with Crippen molar-refractivity contribution in [1.29, 1.82) is 0 Å². The van der Waals surface area contributed by atoms with Crippen LogP contribution in [0.3, 0.4) is 0 Å². The molecule has 0 bridgehead atoms. The van der Waals surface area contributed by atoms with Gasteiger partial charge in [-0.3, -0.25) is 4.99 Å². The number of aryl methyl sites for hydroxylation is 1. The van der Waals surface area contributed by atoms with Crippen LogP contribution in [0.15, 0.2) is 22.5 Å². The number of halogens is 1. The minimum absolute atomic E-state index is 0. The Bertz CT molecular complexity index is 644. The Kier molecular flexibility index (Phi) is 7.29. The van der Waals surface area contributed by atoms with Gasteiger partial charge in [-0.15, -0.1) is 46.7 Å². The highest BCUT2D eigenvalue weighted by atomic mass is 127. The second-order valence-electron chi connectivity index (χ2n) is 5.56. The molecule has 1 aliphatic heterocycles. The van der Waals surface area contributed by atoms with E-state index in [1.807, 2.05) is 18.3 Å². The van der Waals surface area contributed by atoms with Gasteiger partial charge in [-0.25, -0.2) is 4.98 Å². The summed E-state index contributed by atoms with van der Waals surface area (Å²) in [6, 6.07) is 4.34. The maximum absolute atomic E-state index is 6.08. The van der Waals surface area contributed by atoms with Crippen LogP contribution in [0.5, 0.6) is 0 Å². The van der Waals surface area contributed by atoms with Crippen LogP contribution in [-0.4, -0.2) is 35.5 Å². The van der Waals surface area contributed by atoms with Crippen molar-refractivity contribution in [2.75, 3.05) is 19.6 Å². The van der Waals surface area contributed by atoms with Gasteiger partial charge < -0.3 is 10.6 Å². The fourth-order valence-electron chi connectivity index (χ4n) is 2.63. The zero-order chi connectivity index (χ0) is 15.4. The molecule has 0 radical (unpaired) electrons. The Morgan fingerprint density at radius 2 is 2.09 bits per heavy atom. The van der Waals surface area contributed by atoms with E-state index >= 15 is 0 Å². The van der Waals surface area contributed by atoms with Gasteiger partial charge in [-0.1, -0.05) is 0 Å². The first-order valence-electron chi connectivity index (χ1n) is 7.78. The quantitative estimate of drug-likeness (QED) is 0.422. The fourth-order valence-corrected chi connectivity index (χ4v) is 4.27. The topological polar surface area (TPSA) is 54.5 Å². The monoisotopic (exact) mass is 462 g/mol. The molecule has 0 atom stereocenters. The third kappa shape index (κ3) is 5.15. The molecular formula is C16H23IN4S2. The maximum Gasteiger partial charge on any atom is 0.191 e. The Morgan fingerprint density at radius 1 is 1.30 bits per heavy atom. The smallest absolute Gasteiger partial charge is 0.191 e. The minimum atomic E-state index is 0. The lowest BCUT2D eigenvalue weighted by atomic mass is 10.1. The van der Waals surface area contributed by atoms with Gasteiger partial charge in [0.05, 0.1) is 15.6 Å². The molecule has 1 aliphatic rings. The molecule has 0 aliphatic carbocycles. The van der Waals surface area contributed by atoms with E-state index < -0.39 is 0 Å². The molecular weight excluding hydrogens is 439 g/mol. The molecule has 23 heavy (non-hydrogen) atoms. The van der Waals surface area contributed by atoms with Crippen molar-refractivity contribution in [2.24, 2.45) is 10.7 Å². The first kappa shape index (κ1) is 18.7. The summed E-state index contributed by atoms with van der Waals surface area (Å²) in [5.41, 5.74) is 7.17. The van der Waals surface area contributed by atoms with Gasteiger partial charge in [-0.05, 0) is 38.3 Å². The molecule has 3 heterocycles. The first-order chi connectivity index (χ1) is 10.7. The van der Waals surface area contributed by atoms with Crippen LogP contribution in [0.2, 0.25) is 0 Å². The summed E-state index contributed by atoms with van der Waals surface area (Å²) in [5.74, 6) is 0.714. The van der Waals surface area contributed by atoms with E-state index in [0.717, 1.165) is 36.8 Å². The van der Waals surface area contributed by atoms with Crippen molar-refractivity contribution in [1.82, 2.24) is 9.88 Å². The summed E-state index contributed by atoms with van der Waals surface area (Å²) < 4.78 is 0. The van der Waals surface area contributed by atoms with E-state index in [1.54, 1.807) is 11.3 Å². The number of thiazole rings is 1. The lowest BCUT2D eigenvalue weighted by molar-refractivity contribution is 0.338. The number of piperidine rings is 1. The predicted molar refractivity (Wildman–Crippen MR) is 111 cm³/mol. The number of rotatable bonds is 4. The summed E-state index contributed by atoms with van der Waals surface area (Å²) in [5, 5.41) is 3.24. The maximum atomic E-state index is 6.08. The number of guanidine groups is 1. The SMILES string of the molecule is Cc1nc(-c2ccc(CCN=C(N)N3CCCCC3)s2)cs1.I. The highest BCUT2D eigenvalue weighted by Gasteiger charge is 2.11. The zero-order valence-electron chi connectivity index (χ0n) is 13.3. The largest absolute Gasteiger partial charge is 0.370 e. The lowest BCUT2D eigenvalue weighted by Gasteiger charge is -2.27. The van der Waals surface area contributed by atoms with Crippen molar-refractivity contribution in [3.8, 4) is 10.6 Å². The first-order valence-corrected chi connectivity index (χ1v) is 9.48. The van der Waals surface area contributed by atoms with E-state index in [1.165, 1.54) is 29.0 Å². The van der Waals surface area contributed by atoms with Gasteiger partial charge in [0.15, 0.2) is 5.96 Å². The molecule has 2 N–H and O–H groups in total. The van der Waals surface area contributed by atoms with Crippen LogP contribution in [-0.2, 0) is 6.42 Å². The zero-order valence-corrected chi connectivity index (χ0v) is 17.3. The van der Waals surface area contributed by atoms with Crippen LogP contribution >= 0.6 is 46.7 Å². The number of nitrogens with zero attached hydrogens (tertiary/aromatic N) is 3. The molecule has 2 aromatic heterocycles. The molecule has 126 valence electrons. The summed E-state index contributed by atoms with van der Waals surface area (Å²) in [6.07, 6.45) is 4.73. The molecule has 1 fully saturated rings. The third-order valence-corrected chi connectivity index (χ3v) is 5.79. The predicted octanol–water partition coefficient (Wildman–Crippen LogP) is 4.14. The fraction of sp³-hybridized carbons (Fsp3) is 0.500. The van der Waals surface area contributed by atoms with E-state index in [9.17, 15) is 0 Å². The summed E-state index contributed by atoms with van der Waals surface area (Å²) >= 11 is 3.50. The summed E-state index contributed by atoms with van der Waals surface area (Å²) in [7, 11) is 0. The standard InChI is InChI=1S/C16H22N4S2.HI/c1-12-19-14(11-21-12)15-6-5-13(22-15)7-8-18-16(17)20-9-3-2-4-10-20;/h5-6,11H,2-4,7-10H2,1H3,(H2,17,18);1H. The van der Waals surface area contributed by atoms with E-state index in [2.05, 4.69) is 32.4 Å².